The van der Waals surface area contributed by atoms with Gasteiger partial charge in [-0.3, -0.25) is 9.69 Å². The van der Waals surface area contributed by atoms with E-state index in [1.165, 1.54) is 0 Å². The molecule has 0 spiro atoms. The highest BCUT2D eigenvalue weighted by Gasteiger charge is 2.37. The van der Waals surface area contributed by atoms with E-state index in [0.29, 0.717) is 52.9 Å². The molecule has 2 aliphatic heterocycles. The van der Waals surface area contributed by atoms with Crippen molar-refractivity contribution in [3.8, 4) is 11.5 Å². The minimum atomic E-state index is -0.161. The lowest BCUT2D eigenvalue weighted by Gasteiger charge is -2.46. The number of rotatable bonds is 3. The highest BCUT2D eigenvalue weighted by molar-refractivity contribution is 7.08. The van der Waals surface area contributed by atoms with Gasteiger partial charge in [0.1, 0.15) is 5.52 Å². The molecule has 146 valence electrons. The number of benzene rings is 1. The number of oxazole rings is 1. The Hall–Kier alpha value is -1.93. The smallest absolute Gasteiger partial charge is 0.253 e. The van der Waals surface area contributed by atoms with Crippen LogP contribution in [0.25, 0.3) is 22.6 Å². The maximum absolute atomic E-state index is 13.1. The second kappa shape index (κ2) is 7.15. The lowest BCUT2D eigenvalue weighted by Crippen LogP contribution is -2.59. The Bertz CT molecular complexity index is 1010. The Morgan fingerprint density at radius 1 is 1.32 bits per heavy atom. The number of nitrogens with zero attached hydrogens (tertiary/aromatic N) is 2. The maximum Gasteiger partial charge on any atom is 0.253 e. The van der Waals surface area contributed by atoms with E-state index in [4.69, 9.17) is 20.8 Å². The number of ether oxygens (including phenoxy) is 1. The fourth-order valence-electron chi connectivity index (χ4n) is 4.15. The van der Waals surface area contributed by atoms with Crippen molar-refractivity contribution in [2.75, 3.05) is 20.3 Å². The third-order valence-electron chi connectivity index (χ3n) is 5.69. The van der Waals surface area contributed by atoms with Gasteiger partial charge in [-0.25, -0.2) is 4.98 Å². The van der Waals surface area contributed by atoms with Crippen molar-refractivity contribution in [1.82, 2.24) is 15.2 Å². The first-order chi connectivity index (χ1) is 13.6. The number of piperidine rings is 1. The Morgan fingerprint density at radius 3 is 2.82 bits per heavy atom. The zero-order valence-corrected chi connectivity index (χ0v) is 16.9. The highest BCUT2D eigenvalue weighted by Crippen LogP contribution is 2.31. The molecule has 2 atom stereocenters. The number of morpholine rings is 1. The number of aromatic nitrogens is 1. The summed E-state index contributed by atoms with van der Waals surface area (Å²) in [5.74, 6) is 0.338. The van der Waals surface area contributed by atoms with Crippen LogP contribution in [0.3, 0.4) is 0 Å². The minimum absolute atomic E-state index is 0.111. The van der Waals surface area contributed by atoms with Crippen molar-refractivity contribution in [1.29, 1.82) is 0 Å². The van der Waals surface area contributed by atoms with Gasteiger partial charge < -0.3 is 14.5 Å². The molecule has 2 saturated heterocycles. The molecule has 0 aliphatic carbocycles. The normalized spacial score (nSPS) is 25.1. The molecular weight excluding hydrogens is 398 g/mol. The molecule has 4 heterocycles. The maximum atomic E-state index is 13.1. The Morgan fingerprint density at radius 2 is 2.11 bits per heavy atom. The summed E-state index contributed by atoms with van der Waals surface area (Å²) in [5, 5.41) is 7.57. The van der Waals surface area contributed by atoms with E-state index < -0.39 is 0 Å². The molecule has 1 aromatic carbocycles. The van der Waals surface area contributed by atoms with Crippen LogP contribution in [0.1, 0.15) is 23.2 Å². The molecule has 0 radical (unpaired) electrons. The van der Waals surface area contributed by atoms with E-state index in [2.05, 4.69) is 22.2 Å². The largest absolute Gasteiger partial charge is 0.436 e. The van der Waals surface area contributed by atoms with Crippen LogP contribution in [-0.2, 0) is 4.74 Å². The number of hydrogen-bond acceptors (Lipinski definition) is 6. The predicted molar refractivity (Wildman–Crippen MR) is 109 cm³/mol. The fraction of sp³-hybridized carbons (Fsp3) is 0.400. The van der Waals surface area contributed by atoms with Gasteiger partial charge in [0.25, 0.3) is 5.91 Å². The lowest BCUT2D eigenvalue weighted by atomic mass is 9.90. The van der Waals surface area contributed by atoms with Crippen LogP contribution in [0.5, 0.6) is 0 Å². The van der Waals surface area contributed by atoms with Crippen molar-refractivity contribution in [3.05, 3.63) is 39.5 Å². The molecule has 2 aromatic heterocycles. The zero-order chi connectivity index (χ0) is 19.3. The first-order valence-electron chi connectivity index (χ1n) is 9.31. The number of carbonyl (C=O) groups is 1. The van der Waals surface area contributed by atoms with Crippen molar-refractivity contribution in [3.63, 3.8) is 0 Å². The second-order valence-corrected chi connectivity index (χ2v) is 8.70. The third kappa shape index (κ3) is 3.22. The predicted octanol–water partition coefficient (Wildman–Crippen LogP) is 3.80. The molecule has 1 amide bonds. The van der Waals surface area contributed by atoms with Crippen LogP contribution in [0.2, 0.25) is 5.02 Å². The molecule has 0 saturated carbocycles. The summed E-state index contributed by atoms with van der Waals surface area (Å²) in [6, 6.07) is 6.10. The molecular formula is C20H20ClN3O3S. The van der Waals surface area contributed by atoms with Gasteiger partial charge >= 0.3 is 0 Å². The Labute approximate surface area is 171 Å². The average Bonchev–Trinajstić information content (AvgIpc) is 3.30. The zero-order valence-electron chi connectivity index (χ0n) is 15.4. The molecule has 8 heteroatoms. The molecule has 2 bridgehead atoms. The molecule has 2 unspecified atom stereocenters. The van der Waals surface area contributed by atoms with Gasteiger partial charge in [0.15, 0.2) is 5.58 Å². The number of thiophene rings is 1. The summed E-state index contributed by atoms with van der Waals surface area (Å²) in [4.78, 5) is 20.0. The highest BCUT2D eigenvalue weighted by atomic mass is 35.5. The number of hydrogen-bond donors (Lipinski definition) is 1. The number of carbonyl (C=O) groups excluding carboxylic acids is 1. The van der Waals surface area contributed by atoms with E-state index >= 15 is 0 Å². The van der Waals surface area contributed by atoms with Crippen LogP contribution in [-0.4, -0.2) is 54.2 Å². The summed E-state index contributed by atoms with van der Waals surface area (Å²) in [6.45, 7) is 1.43. The first kappa shape index (κ1) is 18.1. The van der Waals surface area contributed by atoms with Crippen molar-refractivity contribution in [2.45, 2.75) is 31.0 Å². The molecule has 3 aromatic rings. The van der Waals surface area contributed by atoms with E-state index in [9.17, 15) is 4.79 Å². The van der Waals surface area contributed by atoms with Crippen LogP contribution >= 0.6 is 22.9 Å². The van der Waals surface area contributed by atoms with Crippen LogP contribution < -0.4 is 5.32 Å². The van der Waals surface area contributed by atoms with E-state index in [1.54, 1.807) is 23.5 Å². The number of halogens is 1. The van der Waals surface area contributed by atoms with Gasteiger partial charge in [-0.2, -0.15) is 11.3 Å². The van der Waals surface area contributed by atoms with Gasteiger partial charge in [-0.05, 0) is 37.4 Å². The molecule has 6 nitrogen and oxygen atoms in total. The summed E-state index contributed by atoms with van der Waals surface area (Å²) in [7, 11) is 2.14. The van der Waals surface area contributed by atoms with Gasteiger partial charge in [0.2, 0.25) is 5.89 Å². The van der Waals surface area contributed by atoms with Crippen molar-refractivity contribution >= 4 is 39.9 Å². The van der Waals surface area contributed by atoms with Crippen LogP contribution in [0.15, 0.2) is 33.4 Å². The summed E-state index contributed by atoms with van der Waals surface area (Å²) >= 11 is 7.82. The number of likely N-dealkylation sites (N-methyl/N-ethyl adjacent to an activating group) is 1. The van der Waals surface area contributed by atoms with Gasteiger partial charge in [0.05, 0.1) is 18.8 Å². The van der Waals surface area contributed by atoms with E-state index in [-0.39, 0.29) is 11.9 Å². The standard InChI is InChI=1S/C20H20ClN3O3S/c1-24-14-6-13(7-15(24)9-26-8-14)22-19(25)16-4-12(21)5-17-18(16)23-20(27-17)11-2-3-28-10-11/h2-5,10,13-15H,6-9H2,1H3,(H,22,25). The second-order valence-electron chi connectivity index (χ2n) is 7.48. The van der Waals surface area contributed by atoms with Crippen LogP contribution in [0.4, 0.5) is 0 Å². The summed E-state index contributed by atoms with van der Waals surface area (Å²) in [6.07, 6.45) is 1.75. The quantitative estimate of drug-likeness (QED) is 0.702. The monoisotopic (exact) mass is 417 g/mol. The molecule has 2 aliphatic rings. The van der Waals surface area contributed by atoms with Gasteiger partial charge in [0, 0.05) is 40.2 Å². The van der Waals surface area contributed by atoms with Gasteiger partial charge in [-0.1, -0.05) is 11.6 Å². The van der Waals surface area contributed by atoms with Crippen molar-refractivity contribution < 1.29 is 13.9 Å². The number of fused-ring (bicyclic) bond motifs is 3. The Kier molecular flexibility index (Phi) is 4.63. The van der Waals surface area contributed by atoms with Crippen molar-refractivity contribution in [2.24, 2.45) is 0 Å². The summed E-state index contributed by atoms with van der Waals surface area (Å²) < 4.78 is 11.5. The van der Waals surface area contributed by atoms with E-state index in [1.807, 2.05) is 16.8 Å². The summed E-state index contributed by atoms with van der Waals surface area (Å²) in [5.41, 5.74) is 2.41. The topological polar surface area (TPSA) is 67.6 Å². The molecule has 28 heavy (non-hydrogen) atoms. The first-order valence-corrected chi connectivity index (χ1v) is 10.6. The van der Waals surface area contributed by atoms with Crippen LogP contribution in [0, 0.1) is 0 Å². The molecule has 2 fully saturated rings. The third-order valence-corrected chi connectivity index (χ3v) is 6.59. The Balaban J connectivity index is 1.43. The number of nitrogens with one attached hydrogen (secondary N) is 1. The minimum Gasteiger partial charge on any atom is -0.436 e. The fourth-order valence-corrected chi connectivity index (χ4v) is 4.99. The molecule has 1 N–H and O–H groups in total. The van der Waals surface area contributed by atoms with Gasteiger partial charge in [-0.15, -0.1) is 0 Å². The lowest BCUT2D eigenvalue weighted by molar-refractivity contribution is -0.0670. The van der Waals surface area contributed by atoms with E-state index in [0.717, 1.165) is 18.4 Å². The average molecular weight is 418 g/mol. The molecule has 5 rings (SSSR count). The SMILES string of the molecule is CN1C2COCC1CC(NC(=O)c1cc(Cl)cc3oc(-c4ccsc4)nc13)C2. The number of amides is 1.